The van der Waals surface area contributed by atoms with Crippen molar-refractivity contribution in [2.75, 3.05) is 0 Å². The average molecular weight is 284 g/mol. The highest BCUT2D eigenvalue weighted by Gasteiger charge is 2.33. The number of carbonyl (C=O) groups is 1. The molecule has 2 aromatic rings. The number of hydrogen-bond acceptors (Lipinski definition) is 3. The van der Waals surface area contributed by atoms with Gasteiger partial charge in [-0.15, -0.1) is 0 Å². The van der Waals surface area contributed by atoms with Crippen LogP contribution in [0.15, 0.2) is 36.5 Å². The number of benzene rings is 1. The summed E-state index contributed by atoms with van der Waals surface area (Å²) in [7, 11) is 0. The second-order valence-electron chi connectivity index (χ2n) is 6.26. The molecule has 0 radical (unpaired) electrons. The third-order valence-electron chi connectivity index (χ3n) is 3.90. The first kappa shape index (κ1) is 13.5. The van der Waals surface area contributed by atoms with E-state index in [1.54, 1.807) is 6.07 Å². The van der Waals surface area contributed by atoms with E-state index in [2.05, 4.69) is 13.8 Å². The summed E-state index contributed by atoms with van der Waals surface area (Å²) >= 11 is 0. The van der Waals surface area contributed by atoms with Gasteiger partial charge >= 0.3 is 0 Å². The Morgan fingerprint density at radius 3 is 2.71 bits per heavy atom. The Bertz CT molecular complexity index is 744. The lowest BCUT2D eigenvalue weighted by atomic mass is 9.76. The molecule has 3 rings (SSSR count). The van der Waals surface area contributed by atoms with Gasteiger partial charge in [0.25, 0.3) is 5.69 Å². The molecule has 0 saturated carbocycles. The Hall–Kier alpha value is -2.43. The van der Waals surface area contributed by atoms with E-state index in [0.717, 1.165) is 23.4 Å². The third kappa shape index (κ3) is 2.35. The van der Waals surface area contributed by atoms with Gasteiger partial charge in [0.1, 0.15) is 0 Å². The van der Waals surface area contributed by atoms with Gasteiger partial charge in [-0.3, -0.25) is 14.9 Å². The van der Waals surface area contributed by atoms with Gasteiger partial charge in [-0.2, -0.15) is 0 Å². The Morgan fingerprint density at radius 2 is 2.00 bits per heavy atom. The molecule has 0 bridgehead atoms. The van der Waals surface area contributed by atoms with E-state index < -0.39 is 4.92 Å². The summed E-state index contributed by atoms with van der Waals surface area (Å²) in [5.74, 6) is 0.144. The largest absolute Gasteiger partial charge is 0.320 e. The molecule has 0 aliphatic heterocycles. The molecule has 0 saturated heterocycles. The molecular formula is C16H16N2O3. The quantitative estimate of drug-likeness (QED) is 0.625. The molecule has 1 aliphatic rings. The number of rotatable bonds is 2. The van der Waals surface area contributed by atoms with Crippen LogP contribution < -0.4 is 0 Å². The first-order valence-electron chi connectivity index (χ1n) is 6.86. The monoisotopic (exact) mass is 284 g/mol. The molecule has 0 unspecified atom stereocenters. The van der Waals surface area contributed by atoms with Crippen LogP contribution in [-0.4, -0.2) is 15.3 Å². The normalized spacial score (nSPS) is 16.6. The minimum absolute atomic E-state index is 0.0522. The van der Waals surface area contributed by atoms with Gasteiger partial charge in [-0.05, 0) is 24.0 Å². The van der Waals surface area contributed by atoms with Crippen molar-refractivity contribution in [1.29, 1.82) is 0 Å². The average Bonchev–Trinajstić information content (AvgIpc) is 2.81. The summed E-state index contributed by atoms with van der Waals surface area (Å²) in [5.41, 5.74) is 2.37. The second-order valence-corrected chi connectivity index (χ2v) is 6.26. The Balaban J connectivity index is 2.12. The van der Waals surface area contributed by atoms with Crippen molar-refractivity contribution in [3.05, 3.63) is 57.9 Å². The topological polar surface area (TPSA) is 65.1 Å². The zero-order valence-corrected chi connectivity index (χ0v) is 12.0. The number of nitro groups is 1. The zero-order chi connectivity index (χ0) is 15.2. The van der Waals surface area contributed by atoms with Crippen LogP contribution in [0, 0.1) is 15.5 Å². The van der Waals surface area contributed by atoms with Crippen molar-refractivity contribution in [3.8, 4) is 5.69 Å². The molecule has 0 amide bonds. The standard InChI is InChI=1S/C16H16N2O3/c1-16(2)9-14-13(15(19)10-16)6-7-17(14)11-4-3-5-12(8-11)18(20)21/h3-8H,9-10H2,1-2H3. The number of ketones is 1. The van der Waals surface area contributed by atoms with Crippen molar-refractivity contribution >= 4 is 11.5 Å². The number of aromatic nitrogens is 1. The van der Waals surface area contributed by atoms with E-state index in [9.17, 15) is 14.9 Å². The maximum atomic E-state index is 12.2. The molecule has 1 aliphatic carbocycles. The summed E-state index contributed by atoms with van der Waals surface area (Å²) in [6, 6.07) is 8.29. The highest BCUT2D eigenvalue weighted by molar-refractivity contribution is 5.99. The van der Waals surface area contributed by atoms with E-state index in [1.165, 1.54) is 12.1 Å². The zero-order valence-electron chi connectivity index (χ0n) is 12.0. The molecule has 21 heavy (non-hydrogen) atoms. The van der Waals surface area contributed by atoms with Crippen LogP contribution in [-0.2, 0) is 6.42 Å². The van der Waals surface area contributed by atoms with Gasteiger partial charge < -0.3 is 4.57 Å². The fraction of sp³-hybridized carbons (Fsp3) is 0.312. The number of hydrogen-bond donors (Lipinski definition) is 0. The number of carbonyl (C=O) groups excluding carboxylic acids is 1. The fourth-order valence-corrected chi connectivity index (χ4v) is 2.94. The minimum atomic E-state index is -0.408. The van der Waals surface area contributed by atoms with Gasteiger partial charge in [0, 0.05) is 36.0 Å². The minimum Gasteiger partial charge on any atom is -0.320 e. The molecule has 1 heterocycles. The van der Waals surface area contributed by atoms with Crippen molar-refractivity contribution in [2.45, 2.75) is 26.7 Å². The molecule has 0 N–H and O–H groups in total. The summed E-state index contributed by atoms with van der Waals surface area (Å²) in [6.07, 6.45) is 3.14. The molecule has 108 valence electrons. The molecule has 5 heteroatoms. The Labute approximate surface area is 122 Å². The number of fused-ring (bicyclic) bond motifs is 1. The SMILES string of the molecule is CC1(C)CC(=O)c2ccn(-c3cccc([N+](=O)[O-])c3)c2C1. The predicted octanol–water partition coefficient (Wildman–Crippen LogP) is 3.54. The smallest absolute Gasteiger partial charge is 0.271 e. The lowest BCUT2D eigenvalue weighted by Gasteiger charge is -2.29. The van der Waals surface area contributed by atoms with Crippen LogP contribution in [0.5, 0.6) is 0 Å². The van der Waals surface area contributed by atoms with Crippen LogP contribution in [0.25, 0.3) is 5.69 Å². The summed E-state index contributed by atoms with van der Waals surface area (Å²) in [4.78, 5) is 22.7. The highest BCUT2D eigenvalue weighted by Crippen LogP contribution is 2.36. The lowest BCUT2D eigenvalue weighted by Crippen LogP contribution is -2.27. The van der Waals surface area contributed by atoms with E-state index in [0.29, 0.717) is 6.42 Å². The first-order valence-corrected chi connectivity index (χ1v) is 6.86. The van der Waals surface area contributed by atoms with Gasteiger partial charge in [0.05, 0.1) is 10.6 Å². The lowest BCUT2D eigenvalue weighted by molar-refractivity contribution is -0.384. The van der Waals surface area contributed by atoms with E-state index in [4.69, 9.17) is 0 Å². The molecule has 5 nitrogen and oxygen atoms in total. The van der Waals surface area contributed by atoms with Crippen molar-refractivity contribution in [3.63, 3.8) is 0 Å². The number of non-ortho nitro benzene ring substituents is 1. The predicted molar refractivity (Wildman–Crippen MR) is 78.9 cm³/mol. The summed E-state index contributed by atoms with van der Waals surface area (Å²) in [5, 5.41) is 10.9. The van der Waals surface area contributed by atoms with Gasteiger partial charge in [-0.1, -0.05) is 19.9 Å². The number of nitrogens with zero attached hydrogens (tertiary/aromatic N) is 2. The Morgan fingerprint density at radius 1 is 1.24 bits per heavy atom. The van der Waals surface area contributed by atoms with Crippen LogP contribution in [0.2, 0.25) is 0 Å². The van der Waals surface area contributed by atoms with E-state index >= 15 is 0 Å². The summed E-state index contributed by atoms with van der Waals surface area (Å²) < 4.78 is 1.89. The maximum Gasteiger partial charge on any atom is 0.271 e. The van der Waals surface area contributed by atoms with Crippen LogP contribution in [0.4, 0.5) is 5.69 Å². The number of Topliss-reactive ketones (excluding diaryl/α,β-unsaturated/α-hetero) is 1. The van der Waals surface area contributed by atoms with Crippen LogP contribution in [0.3, 0.4) is 0 Å². The molecule has 0 spiro atoms. The van der Waals surface area contributed by atoms with Crippen molar-refractivity contribution in [1.82, 2.24) is 4.57 Å². The highest BCUT2D eigenvalue weighted by atomic mass is 16.6. The van der Waals surface area contributed by atoms with E-state index in [1.807, 2.05) is 22.9 Å². The fourth-order valence-electron chi connectivity index (χ4n) is 2.94. The maximum absolute atomic E-state index is 12.2. The first-order chi connectivity index (χ1) is 9.87. The molecule has 1 aromatic carbocycles. The molecule has 1 aromatic heterocycles. The molecule has 0 atom stereocenters. The van der Waals surface area contributed by atoms with Gasteiger partial charge in [0.15, 0.2) is 5.78 Å². The van der Waals surface area contributed by atoms with Gasteiger partial charge in [0.2, 0.25) is 0 Å². The van der Waals surface area contributed by atoms with Crippen molar-refractivity contribution < 1.29 is 9.72 Å². The molecular weight excluding hydrogens is 268 g/mol. The van der Waals surface area contributed by atoms with Crippen LogP contribution >= 0.6 is 0 Å². The Kier molecular flexibility index (Phi) is 2.93. The van der Waals surface area contributed by atoms with Gasteiger partial charge in [-0.25, -0.2) is 0 Å². The third-order valence-corrected chi connectivity index (χ3v) is 3.90. The summed E-state index contributed by atoms with van der Waals surface area (Å²) in [6.45, 7) is 4.14. The molecule has 0 fully saturated rings. The second kappa shape index (κ2) is 4.55. The van der Waals surface area contributed by atoms with E-state index in [-0.39, 0.29) is 16.9 Å². The van der Waals surface area contributed by atoms with Crippen LogP contribution in [0.1, 0.15) is 36.3 Å². The number of nitro benzene ring substituents is 1. The van der Waals surface area contributed by atoms with Crippen molar-refractivity contribution in [2.24, 2.45) is 5.41 Å².